The molecule has 1 N–H and O–H groups in total. The summed E-state index contributed by atoms with van der Waals surface area (Å²) in [6.07, 6.45) is -1.67. The number of nitrogens with zero attached hydrogens (tertiary/aromatic N) is 3. The van der Waals surface area contributed by atoms with Crippen molar-refractivity contribution in [2.75, 3.05) is 18.0 Å². The largest absolute Gasteiger partial charge is 0.422 e. The van der Waals surface area contributed by atoms with Gasteiger partial charge in [0.05, 0.1) is 16.8 Å². The number of aromatic nitrogens is 2. The molecule has 0 amide bonds. The second kappa shape index (κ2) is 7.37. The van der Waals surface area contributed by atoms with Crippen molar-refractivity contribution in [2.45, 2.75) is 32.1 Å². The van der Waals surface area contributed by atoms with Crippen LogP contribution in [-0.2, 0) is 6.18 Å². The Balaban J connectivity index is 1.54. The number of nitrogens with one attached hydrogen (secondary N) is 1. The number of anilines is 1. The minimum atomic E-state index is -4.47. The molecule has 1 saturated heterocycles. The highest BCUT2D eigenvalue weighted by molar-refractivity contribution is 5.84. The van der Waals surface area contributed by atoms with Crippen LogP contribution in [0.5, 0.6) is 0 Å². The second-order valence-corrected chi connectivity index (χ2v) is 8.29. The van der Waals surface area contributed by atoms with Gasteiger partial charge >= 0.3 is 11.8 Å². The first kappa shape index (κ1) is 20.6. The molecule has 4 heterocycles. The lowest BCUT2D eigenvalue weighted by Gasteiger charge is -2.39. The second-order valence-electron chi connectivity index (χ2n) is 8.29. The fourth-order valence-corrected chi connectivity index (χ4v) is 4.13. The molecule has 1 aliphatic heterocycles. The molecule has 4 aromatic rings. The lowest BCUT2D eigenvalue weighted by molar-refractivity contribution is -0.137. The maximum atomic E-state index is 13.0. The Morgan fingerprint density at radius 1 is 1.16 bits per heavy atom. The van der Waals surface area contributed by atoms with Gasteiger partial charge in [0.15, 0.2) is 0 Å². The van der Waals surface area contributed by atoms with Gasteiger partial charge in [-0.2, -0.15) is 13.2 Å². The van der Waals surface area contributed by atoms with Gasteiger partial charge in [0.25, 0.3) is 0 Å². The molecule has 5 rings (SSSR count). The van der Waals surface area contributed by atoms with Gasteiger partial charge in [-0.3, -0.25) is 0 Å². The van der Waals surface area contributed by atoms with Gasteiger partial charge in [-0.15, -0.1) is 0 Å². The zero-order valence-electron chi connectivity index (χ0n) is 17.5. The lowest BCUT2D eigenvalue weighted by Crippen LogP contribution is -2.54. The molecule has 0 aliphatic carbocycles. The molecule has 0 bridgehead atoms. The maximum Gasteiger partial charge on any atom is 0.416 e. The summed E-state index contributed by atoms with van der Waals surface area (Å²) < 4.78 is 46.0. The Morgan fingerprint density at radius 2 is 1.97 bits per heavy atom. The molecule has 1 aromatic carbocycles. The van der Waals surface area contributed by atoms with Crippen LogP contribution in [0.15, 0.2) is 58.0 Å². The van der Waals surface area contributed by atoms with Crippen molar-refractivity contribution in [3.8, 4) is 11.3 Å². The van der Waals surface area contributed by atoms with E-state index >= 15 is 0 Å². The van der Waals surface area contributed by atoms with Crippen molar-refractivity contribution in [2.24, 2.45) is 0 Å². The molecule has 3 aromatic heterocycles. The van der Waals surface area contributed by atoms with Crippen LogP contribution in [0.4, 0.5) is 18.9 Å². The summed E-state index contributed by atoms with van der Waals surface area (Å²) in [7, 11) is 0. The molecule has 32 heavy (non-hydrogen) atoms. The summed E-state index contributed by atoms with van der Waals surface area (Å²) >= 11 is 0. The van der Waals surface area contributed by atoms with Crippen molar-refractivity contribution in [1.29, 1.82) is 0 Å². The number of piperazine rings is 1. The number of rotatable bonds is 2. The first-order valence-corrected chi connectivity index (χ1v) is 10.3. The van der Waals surface area contributed by atoms with Crippen molar-refractivity contribution in [3.05, 3.63) is 64.8 Å². The predicted molar refractivity (Wildman–Crippen MR) is 116 cm³/mol. The number of halogens is 3. The number of pyridine rings is 1. The predicted octanol–water partition coefficient (Wildman–Crippen LogP) is 4.31. The lowest BCUT2D eigenvalue weighted by atomic mass is 10.1. The Labute approximate surface area is 181 Å². The molecular formula is C23H21F3N4O2. The monoisotopic (exact) mass is 442 g/mol. The molecule has 0 spiro atoms. The normalized spacial score (nSPS) is 19.7. The average Bonchev–Trinajstić information content (AvgIpc) is 3.17. The number of imidazole rings is 1. The van der Waals surface area contributed by atoms with Crippen LogP contribution in [0.3, 0.4) is 0 Å². The van der Waals surface area contributed by atoms with E-state index in [9.17, 15) is 18.0 Å². The number of benzene rings is 1. The summed E-state index contributed by atoms with van der Waals surface area (Å²) in [5.74, 6) is 0. The van der Waals surface area contributed by atoms with E-state index in [1.54, 1.807) is 6.07 Å². The standard InChI is InChI=1S/C23H21F3N4O2/c1-13-11-30(14(2)10-27-13)17-4-3-15-7-18(22(31)32-20(15)9-17)19-12-29-6-5-16(23(24,25)26)8-21(29)28-19/h3-9,12-14,27H,10-11H2,1-2H3/t13-,14+/m0/s1. The minimum absolute atomic E-state index is 0.103. The van der Waals surface area contributed by atoms with Gasteiger partial charge < -0.3 is 19.0 Å². The molecule has 9 heteroatoms. The zero-order chi connectivity index (χ0) is 22.6. The van der Waals surface area contributed by atoms with Crippen molar-refractivity contribution in [3.63, 3.8) is 0 Å². The van der Waals surface area contributed by atoms with E-state index in [0.29, 0.717) is 23.1 Å². The van der Waals surface area contributed by atoms with E-state index in [-0.39, 0.29) is 16.9 Å². The third-order valence-electron chi connectivity index (χ3n) is 5.88. The number of hydrogen-bond acceptors (Lipinski definition) is 5. The summed E-state index contributed by atoms with van der Waals surface area (Å²) in [4.78, 5) is 19.2. The molecule has 2 atom stereocenters. The highest BCUT2D eigenvalue weighted by Gasteiger charge is 2.31. The fraction of sp³-hybridized carbons (Fsp3) is 0.304. The number of alkyl halides is 3. The zero-order valence-corrected chi connectivity index (χ0v) is 17.5. The van der Waals surface area contributed by atoms with Crippen LogP contribution in [0, 0.1) is 0 Å². The third-order valence-corrected chi connectivity index (χ3v) is 5.88. The van der Waals surface area contributed by atoms with E-state index in [0.717, 1.165) is 30.9 Å². The average molecular weight is 442 g/mol. The van der Waals surface area contributed by atoms with Crippen molar-refractivity contribution < 1.29 is 17.6 Å². The Kier molecular flexibility index (Phi) is 4.74. The Hall–Kier alpha value is -3.33. The van der Waals surface area contributed by atoms with Crippen LogP contribution in [0.25, 0.3) is 27.9 Å². The fourth-order valence-electron chi connectivity index (χ4n) is 4.13. The summed E-state index contributed by atoms with van der Waals surface area (Å²) in [6.45, 7) is 5.97. The van der Waals surface area contributed by atoms with Gasteiger partial charge in [-0.25, -0.2) is 9.78 Å². The molecule has 1 aliphatic rings. The first-order valence-electron chi connectivity index (χ1n) is 10.3. The van der Waals surface area contributed by atoms with Crippen LogP contribution >= 0.6 is 0 Å². The van der Waals surface area contributed by atoms with Gasteiger partial charge in [-0.1, -0.05) is 0 Å². The summed E-state index contributed by atoms with van der Waals surface area (Å²) in [5, 5.41) is 4.15. The maximum absolute atomic E-state index is 13.0. The number of fused-ring (bicyclic) bond motifs is 2. The Morgan fingerprint density at radius 3 is 2.75 bits per heavy atom. The van der Waals surface area contributed by atoms with Crippen molar-refractivity contribution in [1.82, 2.24) is 14.7 Å². The first-order chi connectivity index (χ1) is 15.2. The molecule has 166 valence electrons. The highest BCUT2D eigenvalue weighted by atomic mass is 19.4. The molecule has 1 fully saturated rings. The number of hydrogen-bond donors (Lipinski definition) is 1. The quantitative estimate of drug-likeness (QED) is 0.469. The molecule has 6 nitrogen and oxygen atoms in total. The van der Waals surface area contributed by atoms with E-state index < -0.39 is 17.4 Å². The molecular weight excluding hydrogens is 421 g/mol. The molecule has 0 unspecified atom stereocenters. The summed E-state index contributed by atoms with van der Waals surface area (Å²) in [6, 6.07) is 9.97. The van der Waals surface area contributed by atoms with Crippen molar-refractivity contribution >= 4 is 22.3 Å². The molecule has 0 radical (unpaired) electrons. The van der Waals surface area contributed by atoms with E-state index in [1.807, 2.05) is 18.2 Å². The third kappa shape index (κ3) is 3.62. The van der Waals surface area contributed by atoms with Crippen LogP contribution in [-0.4, -0.2) is 34.6 Å². The van der Waals surface area contributed by atoms with Crippen LogP contribution in [0.1, 0.15) is 19.4 Å². The smallest absolute Gasteiger partial charge is 0.416 e. The minimum Gasteiger partial charge on any atom is -0.422 e. The van der Waals surface area contributed by atoms with E-state index in [1.165, 1.54) is 16.8 Å². The Bertz CT molecular complexity index is 1380. The topological polar surface area (TPSA) is 62.8 Å². The van der Waals surface area contributed by atoms with E-state index in [2.05, 4.69) is 29.0 Å². The SMILES string of the molecule is C[C@@H]1CN[C@@H](C)CN1c1ccc2cc(-c3cn4ccc(C(F)(F)F)cc4n3)c(=O)oc2c1. The van der Waals surface area contributed by atoms with Gasteiger partial charge in [0.1, 0.15) is 11.2 Å². The van der Waals surface area contributed by atoms with Gasteiger partial charge in [0.2, 0.25) is 0 Å². The summed E-state index contributed by atoms with van der Waals surface area (Å²) in [5.41, 5.74) is 0.610. The highest BCUT2D eigenvalue weighted by Crippen LogP contribution is 2.31. The van der Waals surface area contributed by atoms with Gasteiger partial charge in [0, 0.05) is 54.7 Å². The molecule has 0 saturated carbocycles. The van der Waals surface area contributed by atoms with E-state index in [4.69, 9.17) is 4.42 Å². The van der Waals surface area contributed by atoms with Gasteiger partial charge in [-0.05, 0) is 44.2 Å². The van der Waals surface area contributed by atoms with Crippen LogP contribution in [0.2, 0.25) is 0 Å². The van der Waals surface area contributed by atoms with Crippen LogP contribution < -0.4 is 15.8 Å².